The van der Waals surface area contributed by atoms with E-state index in [-0.39, 0.29) is 23.5 Å². The first-order valence-electron chi connectivity index (χ1n) is 10.3. The summed E-state index contributed by atoms with van der Waals surface area (Å²) in [6.45, 7) is 2.26. The number of likely N-dealkylation sites (tertiary alicyclic amines) is 1. The maximum Gasteiger partial charge on any atom is 0.410 e. The molecule has 2 amide bonds. The molecule has 7 heteroatoms. The van der Waals surface area contributed by atoms with Crippen LogP contribution in [-0.2, 0) is 4.79 Å². The summed E-state index contributed by atoms with van der Waals surface area (Å²) in [5.41, 5.74) is 5.66. The minimum absolute atomic E-state index is 0.213. The Morgan fingerprint density at radius 1 is 1.14 bits per heavy atom. The molecule has 2 aliphatic heterocycles. The molecule has 1 aromatic rings. The maximum atomic E-state index is 13.4. The van der Waals surface area contributed by atoms with E-state index in [0.717, 1.165) is 63.7 Å². The topological polar surface area (TPSA) is 96.1 Å². The monoisotopic (exact) mass is 387 g/mol. The van der Waals surface area contributed by atoms with Crippen LogP contribution in [0.15, 0.2) is 24.3 Å². The van der Waals surface area contributed by atoms with Gasteiger partial charge in [-0.1, -0.05) is 12.1 Å². The number of rotatable bonds is 3. The van der Waals surface area contributed by atoms with Gasteiger partial charge in [-0.25, -0.2) is 4.79 Å². The lowest BCUT2D eigenvalue weighted by Gasteiger charge is -2.41. The summed E-state index contributed by atoms with van der Waals surface area (Å²) in [6, 6.07) is 7.62. The van der Waals surface area contributed by atoms with Gasteiger partial charge in [0.1, 0.15) is 0 Å². The van der Waals surface area contributed by atoms with Gasteiger partial charge in [0.15, 0.2) is 5.75 Å². The molecule has 0 aromatic heterocycles. The molecule has 3 aliphatic rings. The minimum atomic E-state index is -0.832. The molecule has 1 saturated carbocycles. The van der Waals surface area contributed by atoms with Crippen molar-refractivity contribution < 1.29 is 19.4 Å². The second-order valence-electron chi connectivity index (χ2n) is 8.41. The normalized spacial score (nSPS) is 30.7. The van der Waals surface area contributed by atoms with Gasteiger partial charge in [-0.2, -0.15) is 0 Å². The number of aliphatic hydroxyl groups is 1. The van der Waals surface area contributed by atoms with Crippen molar-refractivity contribution in [1.82, 2.24) is 4.90 Å². The van der Waals surface area contributed by atoms with Crippen LogP contribution in [0.4, 0.5) is 10.5 Å². The summed E-state index contributed by atoms with van der Waals surface area (Å²) in [5.74, 6) is 0.697. The van der Waals surface area contributed by atoms with Crippen LogP contribution >= 0.6 is 0 Å². The Morgan fingerprint density at radius 3 is 2.64 bits per heavy atom. The summed E-state index contributed by atoms with van der Waals surface area (Å²) in [6.07, 6.45) is 4.98. The second kappa shape index (κ2) is 7.62. The van der Waals surface area contributed by atoms with Crippen molar-refractivity contribution in [3.8, 4) is 5.75 Å². The molecule has 1 aromatic carbocycles. The standard InChI is InChI=1S/C21H29N3O4/c22-20(27)28-18-5-2-1-4-17(18)23-12-3-10-21(14-23)11-13-24(19(21)26)15-6-8-16(25)9-7-15/h1-2,4-5,15-16,25H,3,6-14H2,(H2,22,27). The van der Waals surface area contributed by atoms with Gasteiger partial charge in [0, 0.05) is 25.7 Å². The number of aliphatic hydroxyl groups excluding tert-OH is 1. The molecule has 0 bridgehead atoms. The van der Waals surface area contributed by atoms with Crippen molar-refractivity contribution in [1.29, 1.82) is 0 Å². The summed E-state index contributed by atoms with van der Waals surface area (Å²) < 4.78 is 5.18. The van der Waals surface area contributed by atoms with Crippen LogP contribution in [0, 0.1) is 5.41 Å². The van der Waals surface area contributed by atoms with Gasteiger partial charge in [0.2, 0.25) is 5.91 Å². The average Bonchev–Trinajstić information content (AvgIpc) is 2.98. The van der Waals surface area contributed by atoms with E-state index in [0.29, 0.717) is 12.3 Å². The fraction of sp³-hybridized carbons (Fsp3) is 0.619. The Hall–Kier alpha value is -2.28. The molecule has 0 radical (unpaired) electrons. The van der Waals surface area contributed by atoms with E-state index in [4.69, 9.17) is 10.5 Å². The molecule has 28 heavy (non-hydrogen) atoms. The SMILES string of the molecule is NC(=O)Oc1ccccc1N1CCCC2(CCN(C3CCC(O)CC3)C2=O)C1. The number of primary amides is 1. The number of carbonyl (C=O) groups excluding carboxylic acids is 2. The number of hydrogen-bond acceptors (Lipinski definition) is 5. The number of ether oxygens (including phenoxy) is 1. The predicted octanol–water partition coefficient (Wildman–Crippen LogP) is 2.27. The van der Waals surface area contributed by atoms with Gasteiger partial charge >= 0.3 is 6.09 Å². The number of piperidine rings is 1. The molecular weight excluding hydrogens is 358 g/mol. The van der Waals surface area contributed by atoms with E-state index in [2.05, 4.69) is 9.80 Å². The van der Waals surface area contributed by atoms with Crippen LogP contribution in [0.3, 0.4) is 0 Å². The second-order valence-corrected chi connectivity index (χ2v) is 8.41. The Kier molecular flexibility index (Phi) is 5.19. The number of carbonyl (C=O) groups is 2. The Labute approximate surface area is 165 Å². The van der Waals surface area contributed by atoms with Gasteiger partial charge < -0.3 is 25.4 Å². The maximum absolute atomic E-state index is 13.4. The van der Waals surface area contributed by atoms with Crippen molar-refractivity contribution in [2.45, 2.75) is 57.1 Å². The first-order valence-corrected chi connectivity index (χ1v) is 10.3. The lowest BCUT2D eigenvalue weighted by Crippen LogP contribution is -2.50. The molecule has 1 spiro atoms. The summed E-state index contributed by atoms with van der Waals surface area (Å²) in [5, 5.41) is 9.77. The Morgan fingerprint density at radius 2 is 1.89 bits per heavy atom. The molecule has 2 saturated heterocycles. The fourth-order valence-corrected chi connectivity index (χ4v) is 5.19. The van der Waals surface area contributed by atoms with Crippen LogP contribution in [0.1, 0.15) is 44.9 Å². The average molecular weight is 387 g/mol. The zero-order valence-electron chi connectivity index (χ0n) is 16.2. The zero-order valence-corrected chi connectivity index (χ0v) is 16.2. The van der Waals surface area contributed by atoms with E-state index in [1.54, 1.807) is 12.1 Å². The van der Waals surface area contributed by atoms with Gasteiger partial charge in [0.05, 0.1) is 17.2 Å². The lowest BCUT2D eigenvalue weighted by atomic mass is 9.78. The molecule has 7 nitrogen and oxygen atoms in total. The number of amides is 2. The third kappa shape index (κ3) is 3.55. The quantitative estimate of drug-likeness (QED) is 0.829. The van der Waals surface area contributed by atoms with Gasteiger partial charge in [-0.15, -0.1) is 0 Å². The first-order chi connectivity index (χ1) is 13.5. The highest BCUT2D eigenvalue weighted by Crippen LogP contribution is 2.44. The number of nitrogens with zero attached hydrogens (tertiary/aromatic N) is 2. The molecule has 152 valence electrons. The van der Waals surface area contributed by atoms with Gasteiger partial charge in [-0.3, -0.25) is 4.79 Å². The molecule has 3 N–H and O–H groups in total. The molecule has 1 atom stereocenters. The summed E-state index contributed by atoms with van der Waals surface area (Å²) in [4.78, 5) is 28.9. The van der Waals surface area contributed by atoms with E-state index in [1.165, 1.54) is 0 Å². The molecule has 1 unspecified atom stereocenters. The molecular formula is C21H29N3O4. The number of benzene rings is 1. The molecule has 4 rings (SSSR count). The fourth-order valence-electron chi connectivity index (χ4n) is 5.19. The summed E-state index contributed by atoms with van der Waals surface area (Å²) in [7, 11) is 0. The van der Waals surface area contributed by atoms with Gasteiger partial charge in [-0.05, 0) is 57.1 Å². The van der Waals surface area contributed by atoms with Crippen molar-refractivity contribution in [3.05, 3.63) is 24.3 Å². The van der Waals surface area contributed by atoms with E-state index >= 15 is 0 Å². The number of anilines is 1. The van der Waals surface area contributed by atoms with Crippen LogP contribution in [0.25, 0.3) is 0 Å². The Balaban J connectivity index is 1.51. The smallest absolute Gasteiger partial charge is 0.408 e. The zero-order chi connectivity index (χ0) is 19.7. The van der Waals surface area contributed by atoms with E-state index in [1.807, 2.05) is 12.1 Å². The number of nitrogens with two attached hydrogens (primary N) is 1. The lowest BCUT2D eigenvalue weighted by molar-refractivity contribution is -0.139. The molecule has 1 aliphatic carbocycles. The van der Waals surface area contributed by atoms with Crippen molar-refractivity contribution in [2.75, 3.05) is 24.5 Å². The van der Waals surface area contributed by atoms with Crippen molar-refractivity contribution in [3.63, 3.8) is 0 Å². The van der Waals surface area contributed by atoms with Crippen LogP contribution in [-0.4, -0.2) is 53.8 Å². The van der Waals surface area contributed by atoms with Crippen LogP contribution in [0.5, 0.6) is 5.75 Å². The van der Waals surface area contributed by atoms with E-state index in [9.17, 15) is 14.7 Å². The number of hydrogen-bond donors (Lipinski definition) is 2. The molecule has 2 heterocycles. The highest BCUT2D eigenvalue weighted by atomic mass is 16.5. The van der Waals surface area contributed by atoms with Gasteiger partial charge in [0.25, 0.3) is 0 Å². The van der Waals surface area contributed by atoms with Crippen molar-refractivity contribution >= 4 is 17.7 Å². The highest BCUT2D eigenvalue weighted by Gasteiger charge is 2.50. The largest absolute Gasteiger partial charge is 0.410 e. The highest BCUT2D eigenvalue weighted by molar-refractivity contribution is 5.86. The minimum Gasteiger partial charge on any atom is -0.408 e. The first kappa shape index (κ1) is 19.1. The van der Waals surface area contributed by atoms with Crippen molar-refractivity contribution in [2.24, 2.45) is 11.1 Å². The molecule has 3 fully saturated rings. The third-order valence-electron chi connectivity index (χ3n) is 6.65. The number of para-hydroxylation sites is 2. The third-order valence-corrected chi connectivity index (χ3v) is 6.65. The van der Waals surface area contributed by atoms with Crippen LogP contribution < -0.4 is 15.4 Å². The predicted molar refractivity (Wildman–Crippen MR) is 105 cm³/mol. The van der Waals surface area contributed by atoms with E-state index < -0.39 is 6.09 Å². The Bertz CT molecular complexity index is 747. The summed E-state index contributed by atoms with van der Waals surface area (Å²) >= 11 is 0. The van der Waals surface area contributed by atoms with Crippen LogP contribution in [0.2, 0.25) is 0 Å².